The summed E-state index contributed by atoms with van der Waals surface area (Å²) in [7, 11) is 0. The van der Waals surface area contributed by atoms with Crippen LogP contribution in [0.1, 0.15) is 6.42 Å². The van der Waals surface area contributed by atoms with Gasteiger partial charge in [-0.05, 0) is 12.1 Å². The first kappa shape index (κ1) is 11.8. The number of anilines is 1. The van der Waals surface area contributed by atoms with Crippen LogP contribution in [0.25, 0.3) is 5.69 Å². The molecule has 0 saturated heterocycles. The molecular formula is C11H10N4O3. The summed E-state index contributed by atoms with van der Waals surface area (Å²) in [6, 6.07) is 6.92. The predicted octanol–water partition coefficient (Wildman–Crippen LogP) is 0.681. The van der Waals surface area contributed by atoms with Crippen LogP contribution in [-0.2, 0) is 9.59 Å². The molecule has 0 fully saturated rings. The van der Waals surface area contributed by atoms with E-state index in [1.165, 1.54) is 17.3 Å². The molecule has 0 aliphatic carbocycles. The SMILES string of the molecule is O=C(O)CC(=O)Nc1ccccc1-n1cncn1. The summed E-state index contributed by atoms with van der Waals surface area (Å²) in [5.74, 6) is -1.76. The Bertz CT molecular complexity index is 565. The lowest BCUT2D eigenvalue weighted by Crippen LogP contribution is -2.17. The highest BCUT2D eigenvalue weighted by atomic mass is 16.4. The number of benzene rings is 1. The number of rotatable bonds is 4. The average molecular weight is 246 g/mol. The van der Waals surface area contributed by atoms with Crippen LogP contribution in [0.5, 0.6) is 0 Å². The van der Waals surface area contributed by atoms with Gasteiger partial charge >= 0.3 is 5.97 Å². The summed E-state index contributed by atoms with van der Waals surface area (Å²) in [5.41, 5.74) is 1.10. The summed E-state index contributed by atoms with van der Waals surface area (Å²) >= 11 is 0. The van der Waals surface area contributed by atoms with E-state index in [2.05, 4.69) is 15.4 Å². The number of carboxylic acids is 1. The van der Waals surface area contributed by atoms with Crippen molar-refractivity contribution in [3.8, 4) is 5.69 Å². The van der Waals surface area contributed by atoms with Gasteiger partial charge < -0.3 is 10.4 Å². The van der Waals surface area contributed by atoms with Crippen molar-refractivity contribution in [2.75, 3.05) is 5.32 Å². The van der Waals surface area contributed by atoms with Gasteiger partial charge in [0, 0.05) is 0 Å². The highest BCUT2D eigenvalue weighted by Crippen LogP contribution is 2.18. The standard InChI is InChI=1S/C11H10N4O3/c16-10(5-11(17)18)14-8-3-1-2-4-9(8)15-7-12-6-13-15/h1-4,6-7H,5H2,(H,14,16)(H,17,18). The molecular weight excluding hydrogens is 236 g/mol. The van der Waals surface area contributed by atoms with Crippen LogP contribution in [0.2, 0.25) is 0 Å². The van der Waals surface area contributed by atoms with Crippen LogP contribution in [0, 0.1) is 0 Å². The number of nitrogens with zero attached hydrogens (tertiary/aromatic N) is 3. The number of hydrogen-bond acceptors (Lipinski definition) is 4. The van der Waals surface area contributed by atoms with Crippen LogP contribution >= 0.6 is 0 Å². The normalized spacial score (nSPS) is 10.0. The molecule has 0 unspecified atom stereocenters. The molecule has 1 aromatic heterocycles. The van der Waals surface area contributed by atoms with Gasteiger partial charge in [0.2, 0.25) is 5.91 Å². The van der Waals surface area contributed by atoms with E-state index in [1.54, 1.807) is 24.3 Å². The fourth-order valence-corrected chi connectivity index (χ4v) is 1.44. The minimum atomic E-state index is -1.18. The van der Waals surface area contributed by atoms with Gasteiger partial charge in [0.1, 0.15) is 19.1 Å². The Balaban J connectivity index is 2.23. The number of carbonyl (C=O) groups is 2. The van der Waals surface area contributed by atoms with Crippen molar-refractivity contribution in [1.29, 1.82) is 0 Å². The molecule has 7 nitrogen and oxygen atoms in total. The molecule has 1 heterocycles. The summed E-state index contributed by atoms with van der Waals surface area (Å²) in [6.45, 7) is 0. The van der Waals surface area contributed by atoms with Gasteiger partial charge in [0.15, 0.2) is 0 Å². The molecule has 0 spiro atoms. The fourth-order valence-electron chi connectivity index (χ4n) is 1.44. The Morgan fingerprint density at radius 2 is 2.11 bits per heavy atom. The first-order chi connectivity index (χ1) is 8.66. The third-order valence-corrected chi connectivity index (χ3v) is 2.16. The second-order valence-corrected chi connectivity index (χ2v) is 3.48. The van der Waals surface area contributed by atoms with Gasteiger partial charge in [-0.1, -0.05) is 12.1 Å². The molecule has 0 aliphatic heterocycles. The molecule has 1 aromatic carbocycles. The van der Waals surface area contributed by atoms with Crippen LogP contribution in [0.3, 0.4) is 0 Å². The molecule has 0 radical (unpaired) electrons. The minimum Gasteiger partial charge on any atom is -0.481 e. The number of nitrogens with one attached hydrogen (secondary N) is 1. The summed E-state index contributed by atoms with van der Waals surface area (Å²) in [4.78, 5) is 25.6. The molecule has 2 aromatic rings. The lowest BCUT2D eigenvalue weighted by molar-refractivity contribution is -0.139. The Hall–Kier alpha value is -2.70. The van der Waals surface area contributed by atoms with E-state index in [9.17, 15) is 9.59 Å². The monoisotopic (exact) mass is 246 g/mol. The van der Waals surface area contributed by atoms with Gasteiger partial charge in [0.05, 0.1) is 11.4 Å². The Labute approximate surface area is 102 Å². The Kier molecular flexibility index (Phi) is 3.33. The van der Waals surface area contributed by atoms with Crippen molar-refractivity contribution in [3.05, 3.63) is 36.9 Å². The smallest absolute Gasteiger partial charge is 0.312 e. The number of amides is 1. The zero-order chi connectivity index (χ0) is 13.0. The number of aliphatic carboxylic acids is 1. The van der Waals surface area contributed by atoms with Crippen LogP contribution in [-0.4, -0.2) is 31.7 Å². The van der Waals surface area contributed by atoms with Crippen molar-refractivity contribution < 1.29 is 14.7 Å². The van der Waals surface area contributed by atoms with E-state index in [0.717, 1.165) is 0 Å². The van der Waals surface area contributed by atoms with Crippen molar-refractivity contribution >= 4 is 17.6 Å². The van der Waals surface area contributed by atoms with Crippen molar-refractivity contribution in [2.45, 2.75) is 6.42 Å². The summed E-state index contributed by atoms with van der Waals surface area (Å²) in [6.07, 6.45) is 2.28. The van der Waals surface area contributed by atoms with E-state index in [1.807, 2.05) is 0 Å². The first-order valence-electron chi connectivity index (χ1n) is 5.12. The van der Waals surface area contributed by atoms with Gasteiger partial charge in [-0.2, -0.15) is 5.10 Å². The first-order valence-corrected chi connectivity index (χ1v) is 5.12. The average Bonchev–Trinajstić information content (AvgIpc) is 2.81. The number of hydrogen-bond donors (Lipinski definition) is 2. The number of carbonyl (C=O) groups excluding carboxylic acids is 1. The van der Waals surface area contributed by atoms with Gasteiger partial charge in [-0.25, -0.2) is 9.67 Å². The summed E-state index contributed by atoms with van der Waals surface area (Å²) < 4.78 is 1.48. The third-order valence-electron chi connectivity index (χ3n) is 2.16. The molecule has 0 aliphatic rings. The quantitative estimate of drug-likeness (QED) is 0.773. The maximum absolute atomic E-state index is 11.4. The molecule has 2 rings (SSSR count). The molecule has 18 heavy (non-hydrogen) atoms. The van der Waals surface area contributed by atoms with E-state index >= 15 is 0 Å². The van der Waals surface area contributed by atoms with Crippen LogP contribution in [0.4, 0.5) is 5.69 Å². The van der Waals surface area contributed by atoms with Crippen molar-refractivity contribution in [3.63, 3.8) is 0 Å². The zero-order valence-electron chi connectivity index (χ0n) is 9.28. The van der Waals surface area contributed by atoms with Gasteiger partial charge in [-0.3, -0.25) is 9.59 Å². The van der Waals surface area contributed by atoms with Gasteiger partial charge in [0.25, 0.3) is 0 Å². The van der Waals surface area contributed by atoms with E-state index in [0.29, 0.717) is 11.4 Å². The lowest BCUT2D eigenvalue weighted by Gasteiger charge is -2.09. The van der Waals surface area contributed by atoms with Crippen LogP contribution < -0.4 is 5.32 Å². The van der Waals surface area contributed by atoms with Crippen molar-refractivity contribution in [1.82, 2.24) is 14.8 Å². The molecule has 7 heteroatoms. The number of aromatic nitrogens is 3. The number of para-hydroxylation sites is 2. The maximum Gasteiger partial charge on any atom is 0.312 e. The Morgan fingerprint density at radius 1 is 1.33 bits per heavy atom. The third kappa shape index (κ3) is 2.70. The number of carboxylic acid groups (broad SMARTS) is 1. The highest BCUT2D eigenvalue weighted by Gasteiger charge is 2.11. The summed E-state index contributed by atoms with van der Waals surface area (Å²) in [5, 5.41) is 15.0. The Morgan fingerprint density at radius 3 is 2.78 bits per heavy atom. The molecule has 1 amide bonds. The minimum absolute atomic E-state index is 0.481. The maximum atomic E-state index is 11.4. The van der Waals surface area contributed by atoms with E-state index in [4.69, 9.17) is 5.11 Å². The molecule has 0 atom stereocenters. The van der Waals surface area contributed by atoms with Crippen molar-refractivity contribution in [2.24, 2.45) is 0 Å². The highest BCUT2D eigenvalue weighted by molar-refractivity contribution is 6.02. The molecule has 0 saturated carbocycles. The molecule has 0 bridgehead atoms. The lowest BCUT2D eigenvalue weighted by atomic mass is 10.2. The fraction of sp³-hybridized carbons (Fsp3) is 0.0909. The molecule has 92 valence electrons. The zero-order valence-corrected chi connectivity index (χ0v) is 9.28. The largest absolute Gasteiger partial charge is 0.481 e. The van der Waals surface area contributed by atoms with Crippen LogP contribution in [0.15, 0.2) is 36.9 Å². The molecule has 2 N–H and O–H groups in total. The second-order valence-electron chi connectivity index (χ2n) is 3.48. The topological polar surface area (TPSA) is 97.1 Å². The predicted molar refractivity (Wildman–Crippen MR) is 62.2 cm³/mol. The van der Waals surface area contributed by atoms with E-state index in [-0.39, 0.29) is 0 Å². The second kappa shape index (κ2) is 5.09. The van der Waals surface area contributed by atoms with E-state index < -0.39 is 18.3 Å². The van der Waals surface area contributed by atoms with Gasteiger partial charge in [-0.15, -0.1) is 0 Å².